The van der Waals surface area contributed by atoms with E-state index in [2.05, 4.69) is 15.1 Å². The van der Waals surface area contributed by atoms with Crippen molar-refractivity contribution in [3.63, 3.8) is 0 Å². The molecule has 0 aromatic carbocycles. The Labute approximate surface area is 192 Å². The summed E-state index contributed by atoms with van der Waals surface area (Å²) in [6, 6.07) is 1.80. The van der Waals surface area contributed by atoms with Crippen molar-refractivity contribution in [3.8, 4) is 0 Å². The molecule has 0 radical (unpaired) electrons. The number of likely N-dealkylation sites (tertiary alicyclic amines) is 2. The van der Waals surface area contributed by atoms with Gasteiger partial charge in [0.1, 0.15) is 5.82 Å². The summed E-state index contributed by atoms with van der Waals surface area (Å²) >= 11 is 0. The van der Waals surface area contributed by atoms with Gasteiger partial charge in [-0.25, -0.2) is 15.0 Å². The van der Waals surface area contributed by atoms with E-state index in [9.17, 15) is 9.59 Å². The minimum atomic E-state index is -0.0564. The largest absolute Gasteiger partial charge is 0.339 e. The monoisotopic (exact) mass is 448 g/mol. The molecule has 0 aliphatic carbocycles. The zero-order valence-corrected chi connectivity index (χ0v) is 19.3. The Morgan fingerprint density at radius 3 is 2.42 bits per heavy atom. The lowest BCUT2D eigenvalue weighted by molar-refractivity contribution is 0.0706. The number of piperidine rings is 1. The van der Waals surface area contributed by atoms with Crippen LogP contribution in [-0.2, 0) is 0 Å². The first-order chi connectivity index (χ1) is 15.9. The summed E-state index contributed by atoms with van der Waals surface area (Å²) in [5.41, 5.74) is 3.61. The first-order valence-electron chi connectivity index (χ1n) is 11.6. The van der Waals surface area contributed by atoms with Crippen LogP contribution in [0, 0.1) is 20.8 Å². The van der Waals surface area contributed by atoms with Crippen molar-refractivity contribution in [2.45, 2.75) is 52.4 Å². The first kappa shape index (κ1) is 21.5. The van der Waals surface area contributed by atoms with Gasteiger partial charge in [-0.2, -0.15) is 0 Å². The van der Waals surface area contributed by atoms with Crippen LogP contribution in [0.2, 0.25) is 0 Å². The average molecular weight is 449 g/mol. The fourth-order valence-electron chi connectivity index (χ4n) is 4.91. The van der Waals surface area contributed by atoms with Crippen molar-refractivity contribution in [2.24, 2.45) is 0 Å². The molecule has 0 spiro atoms. The fraction of sp³-hybridized carbons (Fsp3) is 0.500. The molecule has 3 aromatic heterocycles. The highest BCUT2D eigenvalue weighted by Crippen LogP contribution is 2.29. The zero-order valence-electron chi connectivity index (χ0n) is 19.3. The summed E-state index contributed by atoms with van der Waals surface area (Å²) in [5, 5.41) is 4.66. The lowest BCUT2D eigenvalue weighted by Gasteiger charge is -2.32. The Balaban J connectivity index is 1.37. The van der Waals surface area contributed by atoms with Crippen LogP contribution in [-0.4, -0.2) is 67.9 Å². The molecule has 2 aliphatic heterocycles. The van der Waals surface area contributed by atoms with Gasteiger partial charge in [-0.15, -0.1) is 0 Å². The molecule has 0 N–H and O–H groups in total. The van der Waals surface area contributed by atoms with Crippen LogP contribution in [0.4, 0.5) is 0 Å². The van der Waals surface area contributed by atoms with Gasteiger partial charge in [0.05, 0.1) is 27.9 Å². The third-order valence-electron chi connectivity index (χ3n) is 6.67. The predicted molar refractivity (Wildman–Crippen MR) is 121 cm³/mol. The van der Waals surface area contributed by atoms with E-state index < -0.39 is 0 Å². The van der Waals surface area contributed by atoms with Gasteiger partial charge in [0.2, 0.25) is 0 Å². The second-order valence-electron chi connectivity index (χ2n) is 9.08. The van der Waals surface area contributed by atoms with Crippen LogP contribution in [0.15, 0.2) is 16.8 Å². The lowest BCUT2D eigenvalue weighted by atomic mass is 9.95. The smallest absolute Gasteiger partial charge is 0.258 e. The van der Waals surface area contributed by atoms with Gasteiger partial charge in [-0.1, -0.05) is 5.16 Å². The van der Waals surface area contributed by atoms with Crippen LogP contribution in [0.1, 0.15) is 75.2 Å². The molecule has 2 fully saturated rings. The van der Waals surface area contributed by atoms with Crippen LogP contribution < -0.4 is 0 Å². The number of carbonyl (C=O) groups is 2. The Kier molecular flexibility index (Phi) is 5.55. The molecule has 0 saturated carbocycles. The number of amides is 2. The lowest BCUT2D eigenvalue weighted by Crippen LogP contribution is -2.39. The molecule has 5 heterocycles. The standard InChI is InChI=1S/C24H28N6O3/c1-14-11-18(20-16(3)28-33-22(20)26-14)23(31)30-10-6-7-17(13-30)21-25-12-19(15(2)27-21)24(32)29-8-4-5-9-29/h11-12,17H,4-10,13H2,1-3H3. The van der Waals surface area contributed by atoms with E-state index in [0.717, 1.165) is 38.8 Å². The number of nitrogens with zero attached hydrogens (tertiary/aromatic N) is 6. The molecule has 1 atom stereocenters. The summed E-state index contributed by atoms with van der Waals surface area (Å²) in [6.07, 6.45) is 5.53. The van der Waals surface area contributed by atoms with E-state index in [0.29, 0.717) is 58.2 Å². The molecular weight excluding hydrogens is 420 g/mol. The number of hydrogen-bond donors (Lipinski definition) is 0. The van der Waals surface area contributed by atoms with Crippen molar-refractivity contribution < 1.29 is 14.1 Å². The van der Waals surface area contributed by atoms with Crippen molar-refractivity contribution in [1.29, 1.82) is 0 Å². The second kappa shape index (κ2) is 8.53. The Morgan fingerprint density at radius 1 is 0.939 bits per heavy atom. The van der Waals surface area contributed by atoms with Gasteiger partial charge in [0.15, 0.2) is 0 Å². The molecule has 5 rings (SSSR count). The molecule has 9 heteroatoms. The molecule has 9 nitrogen and oxygen atoms in total. The Bertz CT molecular complexity index is 1230. The molecule has 2 amide bonds. The summed E-state index contributed by atoms with van der Waals surface area (Å²) < 4.78 is 5.30. The summed E-state index contributed by atoms with van der Waals surface area (Å²) in [6.45, 7) is 8.33. The number of pyridine rings is 1. The number of carbonyl (C=O) groups excluding carboxylic acids is 2. The van der Waals surface area contributed by atoms with Crippen molar-refractivity contribution in [2.75, 3.05) is 26.2 Å². The van der Waals surface area contributed by atoms with Gasteiger partial charge in [-0.3, -0.25) is 9.59 Å². The van der Waals surface area contributed by atoms with Gasteiger partial charge in [-0.05, 0) is 52.5 Å². The highest BCUT2D eigenvalue weighted by atomic mass is 16.5. The van der Waals surface area contributed by atoms with E-state index in [4.69, 9.17) is 9.51 Å². The van der Waals surface area contributed by atoms with Crippen LogP contribution in [0.25, 0.3) is 11.1 Å². The maximum absolute atomic E-state index is 13.5. The van der Waals surface area contributed by atoms with E-state index in [-0.39, 0.29) is 17.7 Å². The SMILES string of the molecule is Cc1cc(C(=O)N2CCCC(c3ncc(C(=O)N4CCCC4)c(C)n3)C2)c2c(C)noc2n1. The third kappa shape index (κ3) is 3.96. The quantitative estimate of drug-likeness (QED) is 0.606. The molecule has 1 unspecified atom stereocenters. The van der Waals surface area contributed by atoms with Crippen molar-refractivity contribution in [1.82, 2.24) is 29.9 Å². The van der Waals surface area contributed by atoms with Crippen molar-refractivity contribution in [3.05, 3.63) is 46.3 Å². The van der Waals surface area contributed by atoms with E-state index in [1.807, 2.05) is 30.6 Å². The molecule has 172 valence electrons. The average Bonchev–Trinajstić information content (AvgIpc) is 3.48. The zero-order chi connectivity index (χ0) is 23.1. The number of hydrogen-bond acceptors (Lipinski definition) is 7. The van der Waals surface area contributed by atoms with Crippen LogP contribution in [0.5, 0.6) is 0 Å². The predicted octanol–water partition coefficient (Wildman–Crippen LogP) is 3.19. The topological polar surface area (TPSA) is 105 Å². The number of aromatic nitrogens is 4. The third-order valence-corrected chi connectivity index (χ3v) is 6.67. The number of rotatable bonds is 3. The number of fused-ring (bicyclic) bond motifs is 1. The fourth-order valence-corrected chi connectivity index (χ4v) is 4.91. The normalized spacial score (nSPS) is 18.8. The van der Waals surface area contributed by atoms with Crippen molar-refractivity contribution >= 4 is 22.9 Å². The van der Waals surface area contributed by atoms with E-state index in [1.54, 1.807) is 12.3 Å². The van der Waals surface area contributed by atoms with E-state index >= 15 is 0 Å². The highest BCUT2D eigenvalue weighted by Gasteiger charge is 2.30. The maximum Gasteiger partial charge on any atom is 0.258 e. The molecule has 3 aromatic rings. The van der Waals surface area contributed by atoms with Crippen LogP contribution >= 0.6 is 0 Å². The van der Waals surface area contributed by atoms with Gasteiger partial charge >= 0.3 is 0 Å². The Morgan fingerprint density at radius 2 is 1.67 bits per heavy atom. The minimum Gasteiger partial charge on any atom is -0.339 e. The highest BCUT2D eigenvalue weighted by molar-refractivity contribution is 6.06. The molecule has 33 heavy (non-hydrogen) atoms. The first-order valence-corrected chi connectivity index (χ1v) is 11.6. The van der Waals surface area contributed by atoms with Crippen LogP contribution in [0.3, 0.4) is 0 Å². The Hall–Kier alpha value is -3.36. The van der Waals surface area contributed by atoms with Gasteiger partial charge < -0.3 is 14.3 Å². The summed E-state index contributed by atoms with van der Waals surface area (Å²) in [4.78, 5) is 43.6. The maximum atomic E-state index is 13.5. The molecular formula is C24H28N6O3. The minimum absolute atomic E-state index is 0.0122. The van der Waals surface area contributed by atoms with Gasteiger partial charge in [0, 0.05) is 44.0 Å². The molecule has 2 saturated heterocycles. The molecule has 0 bridgehead atoms. The van der Waals surface area contributed by atoms with E-state index in [1.165, 1.54) is 0 Å². The second-order valence-corrected chi connectivity index (χ2v) is 9.08. The van der Waals surface area contributed by atoms with Gasteiger partial charge in [0.25, 0.3) is 17.5 Å². The summed E-state index contributed by atoms with van der Waals surface area (Å²) in [7, 11) is 0. The summed E-state index contributed by atoms with van der Waals surface area (Å²) in [5.74, 6) is 0.678. The molecule has 2 aliphatic rings. The number of aryl methyl sites for hydroxylation is 3.